The first kappa shape index (κ1) is 12.0. The van der Waals surface area contributed by atoms with Crippen LogP contribution in [-0.2, 0) is 4.79 Å². The third-order valence-electron chi connectivity index (χ3n) is 2.72. The van der Waals surface area contributed by atoms with E-state index in [0.717, 1.165) is 25.9 Å². The summed E-state index contributed by atoms with van der Waals surface area (Å²) in [6, 6.07) is 2.17. The van der Waals surface area contributed by atoms with E-state index in [1.54, 1.807) is 0 Å². The Hall–Kier alpha value is -1.08. The van der Waals surface area contributed by atoms with Gasteiger partial charge < -0.3 is 10.6 Å². The van der Waals surface area contributed by atoms with Gasteiger partial charge in [-0.2, -0.15) is 5.26 Å². The molecule has 0 aromatic rings. The maximum atomic E-state index is 11.7. The molecule has 4 nitrogen and oxygen atoms in total. The molecule has 0 bridgehead atoms. The number of amides is 1. The molecule has 1 aliphatic rings. The highest BCUT2D eigenvalue weighted by molar-refractivity contribution is 5.78. The number of nitrogens with one attached hydrogen (secondary N) is 2. The van der Waals surface area contributed by atoms with Crippen LogP contribution in [0.2, 0.25) is 0 Å². The molecular formula is C11H19N3O. The van der Waals surface area contributed by atoms with E-state index >= 15 is 0 Å². The zero-order chi connectivity index (χ0) is 11.3. The summed E-state index contributed by atoms with van der Waals surface area (Å²) in [7, 11) is 0. The van der Waals surface area contributed by atoms with Gasteiger partial charge in [-0.25, -0.2) is 0 Å². The van der Waals surface area contributed by atoms with Crippen molar-refractivity contribution >= 4 is 5.91 Å². The van der Waals surface area contributed by atoms with Crippen LogP contribution in [0.15, 0.2) is 0 Å². The molecule has 84 valence electrons. The average molecular weight is 209 g/mol. The quantitative estimate of drug-likeness (QED) is 0.717. The zero-order valence-electron chi connectivity index (χ0n) is 9.47. The van der Waals surface area contributed by atoms with Crippen LogP contribution in [0.1, 0.15) is 26.7 Å². The van der Waals surface area contributed by atoms with Crippen LogP contribution in [0.4, 0.5) is 0 Å². The minimum absolute atomic E-state index is 0.0971. The molecule has 1 saturated heterocycles. The Kier molecular flexibility index (Phi) is 4.10. The molecule has 0 aliphatic carbocycles. The first-order valence-corrected chi connectivity index (χ1v) is 5.45. The van der Waals surface area contributed by atoms with Gasteiger partial charge in [-0.3, -0.25) is 4.79 Å². The Morgan fingerprint density at radius 1 is 1.53 bits per heavy atom. The van der Waals surface area contributed by atoms with Crippen molar-refractivity contribution in [3.05, 3.63) is 0 Å². The van der Waals surface area contributed by atoms with Gasteiger partial charge in [0, 0.05) is 12.5 Å². The molecule has 1 heterocycles. The summed E-state index contributed by atoms with van der Waals surface area (Å²) in [6.07, 6.45) is 1.80. The van der Waals surface area contributed by atoms with Crippen LogP contribution in [0, 0.1) is 22.7 Å². The van der Waals surface area contributed by atoms with Crippen molar-refractivity contribution in [1.29, 1.82) is 5.26 Å². The van der Waals surface area contributed by atoms with E-state index < -0.39 is 5.41 Å². The summed E-state index contributed by atoms with van der Waals surface area (Å²) >= 11 is 0. The molecule has 0 atom stereocenters. The number of hydrogen-bond acceptors (Lipinski definition) is 3. The van der Waals surface area contributed by atoms with Crippen LogP contribution in [-0.4, -0.2) is 25.5 Å². The van der Waals surface area contributed by atoms with Crippen LogP contribution < -0.4 is 10.6 Å². The highest BCUT2D eigenvalue weighted by Crippen LogP contribution is 2.14. The third-order valence-corrected chi connectivity index (χ3v) is 2.72. The lowest BCUT2D eigenvalue weighted by molar-refractivity contribution is -0.126. The summed E-state index contributed by atoms with van der Waals surface area (Å²) in [5.74, 6) is 0.223. The topological polar surface area (TPSA) is 64.9 Å². The van der Waals surface area contributed by atoms with Gasteiger partial charge in [-0.05, 0) is 39.8 Å². The molecule has 1 aliphatic heterocycles. The predicted molar refractivity (Wildman–Crippen MR) is 58.0 cm³/mol. The van der Waals surface area contributed by atoms with Gasteiger partial charge in [0.1, 0.15) is 0 Å². The molecule has 4 heteroatoms. The van der Waals surface area contributed by atoms with Crippen molar-refractivity contribution in [3.63, 3.8) is 0 Å². The molecule has 0 saturated carbocycles. The number of hydrogen-bond donors (Lipinski definition) is 2. The highest BCUT2D eigenvalue weighted by Gasteiger charge is 2.23. The largest absolute Gasteiger partial charge is 0.354 e. The van der Waals surface area contributed by atoms with Crippen LogP contribution in [0.25, 0.3) is 0 Å². The highest BCUT2D eigenvalue weighted by atomic mass is 16.1. The number of piperidine rings is 1. The summed E-state index contributed by atoms with van der Waals surface area (Å²) in [5.41, 5.74) is -0.470. The van der Waals surface area contributed by atoms with Gasteiger partial charge in [0.25, 0.3) is 0 Å². The van der Waals surface area contributed by atoms with E-state index in [-0.39, 0.29) is 11.8 Å². The molecule has 0 aromatic heterocycles. The molecule has 15 heavy (non-hydrogen) atoms. The summed E-state index contributed by atoms with van der Waals surface area (Å²) in [4.78, 5) is 11.7. The number of rotatable bonds is 3. The molecule has 0 radical (unpaired) electrons. The van der Waals surface area contributed by atoms with Crippen LogP contribution in [0.3, 0.4) is 0 Å². The van der Waals surface area contributed by atoms with E-state index in [9.17, 15) is 4.79 Å². The normalized spacial score (nSPS) is 18.2. The Bertz CT molecular complexity index is 261. The Morgan fingerprint density at radius 2 is 2.13 bits per heavy atom. The fraction of sp³-hybridized carbons (Fsp3) is 0.818. The van der Waals surface area contributed by atoms with Crippen LogP contribution >= 0.6 is 0 Å². The molecule has 2 N–H and O–H groups in total. The van der Waals surface area contributed by atoms with E-state index in [2.05, 4.69) is 16.7 Å². The predicted octanol–water partition coefficient (Wildman–Crippen LogP) is 0.652. The number of nitriles is 1. The van der Waals surface area contributed by atoms with Crippen molar-refractivity contribution in [3.8, 4) is 6.07 Å². The van der Waals surface area contributed by atoms with Crippen LogP contribution in [0.5, 0.6) is 0 Å². The van der Waals surface area contributed by atoms with E-state index in [4.69, 9.17) is 5.26 Å². The minimum Gasteiger partial charge on any atom is -0.354 e. The van der Waals surface area contributed by atoms with E-state index in [1.165, 1.54) is 0 Å². The van der Waals surface area contributed by atoms with Gasteiger partial charge in [-0.1, -0.05) is 0 Å². The number of carbonyl (C=O) groups is 1. The fourth-order valence-electron chi connectivity index (χ4n) is 1.58. The average Bonchev–Trinajstić information content (AvgIpc) is 2.27. The van der Waals surface area contributed by atoms with Crippen molar-refractivity contribution in [2.75, 3.05) is 19.6 Å². The lowest BCUT2D eigenvalue weighted by atomic mass is 9.94. The van der Waals surface area contributed by atoms with Crippen molar-refractivity contribution in [2.45, 2.75) is 26.7 Å². The molecule has 0 spiro atoms. The van der Waals surface area contributed by atoms with Gasteiger partial charge >= 0.3 is 0 Å². The Labute approximate surface area is 91.0 Å². The monoisotopic (exact) mass is 209 g/mol. The zero-order valence-corrected chi connectivity index (χ0v) is 9.47. The van der Waals surface area contributed by atoms with E-state index in [1.807, 2.05) is 13.8 Å². The minimum atomic E-state index is -0.470. The Morgan fingerprint density at radius 3 is 2.67 bits per heavy atom. The number of carbonyl (C=O) groups excluding carboxylic acids is 1. The second-order valence-electron chi connectivity index (χ2n) is 4.74. The second-order valence-corrected chi connectivity index (χ2v) is 4.74. The number of nitrogens with zero attached hydrogens (tertiary/aromatic N) is 1. The standard InChI is InChI=1S/C11H19N3O/c1-11(2,7-12)8-14-10(15)9-3-5-13-6-4-9/h9,13H,3-6,8H2,1-2H3,(H,14,15). The van der Waals surface area contributed by atoms with Crippen molar-refractivity contribution in [2.24, 2.45) is 11.3 Å². The summed E-state index contributed by atoms with van der Waals surface area (Å²) in [6.45, 7) is 5.93. The molecular weight excluding hydrogens is 190 g/mol. The van der Waals surface area contributed by atoms with Gasteiger partial charge in [0.15, 0.2) is 0 Å². The maximum Gasteiger partial charge on any atom is 0.223 e. The lowest BCUT2D eigenvalue weighted by Gasteiger charge is -2.23. The van der Waals surface area contributed by atoms with Crippen molar-refractivity contribution in [1.82, 2.24) is 10.6 Å². The molecule has 1 amide bonds. The maximum absolute atomic E-state index is 11.7. The third kappa shape index (κ3) is 3.88. The first-order chi connectivity index (χ1) is 7.05. The van der Waals surface area contributed by atoms with Gasteiger partial charge in [0.05, 0.1) is 11.5 Å². The SMILES string of the molecule is CC(C)(C#N)CNC(=O)C1CCNCC1. The fourth-order valence-corrected chi connectivity index (χ4v) is 1.58. The Balaban J connectivity index is 2.32. The molecule has 1 fully saturated rings. The smallest absolute Gasteiger partial charge is 0.223 e. The molecule has 0 aromatic carbocycles. The van der Waals surface area contributed by atoms with Crippen molar-refractivity contribution < 1.29 is 4.79 Å². The van der Waals surface area contributed by atoms with Gasteiger partial charge in [-0.15, -0.1) is 0 Å². The van der Waals surface area contributed by atoms with E-state index in [0.29, 0.717) is 6.54 Å². The molecule has 1 rings (SSSR count). The summed E-state index contributed by atoms with van der Waals surface area (Å²) in [5, 5.41) is 14.9. The molecule has 0 unspecified atom stereocenters. The summed E-state index contributed by atoms with van der Waals surface area (Å²) < 4.78 is 0. The van der Waals surface area contributed by atoms with Gasteiger partial charge in [0.2, 0.25) is 5.91 Å². The lowest BCUT2D eigenvalue weighted by Crippen LogP contribution is -2.41. The first-order valence-electron chi connectivity index (χ1n) is 5.45. The second kappa shape index (κ2) is 5.13.